The molecule has 3 fully saturated rings. The first kappa shape index (κ1) is 29.7. The minimum atomic E-state index is -1.03. The molecule has 3 aromatic rings. The van der Waals surface area contributed by atoms with E-state index in [1.807, 2.05) is 36.4 Å². The van der Waals surface area contributed by atoms with Crippen LogP contribution in [0.1, 0.15) is 57.8 Å². The summed E-state index contributed by atoms with van der Waals surface area (Å²) in [5.41, 5.74) is 0.595. The zero-order valence-electron chi connectivity index (χ0n) is 24.2. The molecule has 2 aromatic carbocycles. The Kier molecular flexibility index (Phi) is 8.77. The number of thiazole rings is 1. The predicted molar refractivity (Wildman–Crippen MR) is 166 cm³/mol. The minimum absolute atomic E-state index is 0.0358. The number of hydrogen-bond acceptors (Lipinski definition) is 8. The van der Waals surface area contributed by atoms with E-state index in [1.54, 1.807) is 17.0 Å². The van der Waals surface area contributed by atoms with Gasteiger partial charge in [0.1, 0.15) is 23.7 Å². The number of rotatable bonds is 5. The van der Waals surface area contributed by atoms with Crippen LogP contribution in [0.4, 0.5) is 5.69 Å². The Morgan fingerprint density at radius 2 is 1.81 bits per heavy atom. The largest absolute Gasteiger partial charge is 0.467 e. The van der Waals surface area contributed by atoms with Crippen molar-refractivity contribution in [3.8, 4) is 5.19 Å². The average Bonchev–Trinajstić information content (AvgIpc) is 3.32. The second kappa shape index (κ2) is 12.7. The molecule has 2 saturated heterocycles. The van der Waals surface area contributed by atoms with Crippen molar-refractivity contribution >= 4 is 56.6 Å². The van der Waals surface area contributed by atoms with E-state index in [2.05, 4.69) is 15.6 Å². The first-order chi connectivity index (χ1) is 20.9. The standard InChI is InChI=1S/C32H37ClN4O5S/c1-41-30(40)32-18-20(32)9-5-3-2-4-6-11-25(34-22-15-13-21(33)14-16-22)29(39)37-19-23(17-26(37)28(38)36-32)42-31-35-24-10-7-8-12-27(24)43-31/h7-8,10,12-16,20,23,25-26,34H,2-6,9,11,17-19H2,1H3,(H,36,38)/t20-,23-,25+,26+,32-/m1/s1. The van der Waals surface area contributed by atoms with Gasteiger partial charge < -0.3 is 25.0 Å². The van der Waals surface area contributed by atoms with Crippen molar-refractivity contribution in [3.05, 3.63) is 53.6 Å². The third-order valence-corrected chi connectivity index (χ3v) is 10.1. The van der Waals surface area contributed by atoms with E-state index >= 15 is 0 Å². The highest BCUT2D eigenvalue weighted by Crippen LogP contribution is 2.48. The number of esters is 1. The molecule has 1 aromatic heterocycles. The molecule has 2 amide bonds. The first-order valence-electron chi connectivity index (χ1n) is 15.1. The Morgan fingerprint density at radius 3 is 2.58 bits per heavy atom. The van der Waals surface area contributed by atoms with Crippen molar-refractivity contribution in [2.75, 3.05) is 19.0 Å². The summed E-state index contributed by atoms with van der Waals surface area (Å²) in [4.78, 5) is 47.4. The Bertz CT molecular complexity index is 1450. The number of nitrogens with one attached hydrogen (secondary N) is 2. The summed E-state index contributed by atoms with van der Waals surface area (Å²) in [6.07, 6.45) is 6.86. The van der Waals surface area contributed by atoms with Crippen LogP contribution in [0.25, 0.3) is 10.2 Å². The van der Waals surface area contributed by atoms with Gasteiger partial charge in [0.05, 0.1) is 23.9 Å². The van der Waals surface area contributed by atoms with Gasteiger partial charge in [0.15, 0.2) is 0 Å². The van der Waals surface area contributed by atoms with Crippen LogP contribution in [0.15, 0.2) is 48.5 Å². The van der Waals surface area contributed by atoms with Crippen LogP contribution in [0.2, 0.25) is 5.02 Å². The average molecular weight is 625 g/mol. The summed E-state index contributed by atoms with van der Waals surface area (Å²) in [6.45, 7) is 0.236. The Labute approximate surface area is 260 Å². The Hall–Kier alpha value is -3.37. The summed E-state index contributed by atoms with van der Waals surface area (Å²) < 4.78 is 12.4. The van der Waals surface area contributed by atoms with E-state index in [9.17, 15) is 14.4 Å². The highest BCUT2D eigenvalue weighted by Gasteiger charge is 2.62. The molecule has 3 aliphatic rings. The topological polar surface area (TPSA) is 110 Å². The number of anilines is 1. The molecule has 1 aliphatic carbocycles. The lowest BCUT2D eigenvalue weighted by atomic mass is 10.0. The molecule has 6 rings (SSSR count). The van der Waals surface area contributed by atoms with E-state index < -0.39 is 29.7 Å². The van der Waals surface area contributed by atoms with Gasteiger partial charge in [-0.1, -0.05) is 67.2 Å². The number of benzene rings is 2. The van der Waals surface area contributed by atoms with Gasteiger partial charge in [0.25, 0.3) is 5.19 Å². The molecule has 43 heavy (non-hydrogen) atoms. The second-order valence-electron chi connectivity index (χ2n) is 11.8. The highest BCUT2D eigenvalue weighted by atomic mass is 35.5. The van der Waals surface area contributed by atoms with E-state index in [0.717, 1.165) is 54.4 Å². The van der Waals surface area contributed by atoms with Gasteiger partial charge in [-0.15, -0.1) is 0 Å². The van der Waals surface area contributed by atoms with Crippen LogP contribution in [0.5, 0.6) is 5.19 Å². The number of methoxy groups -OCH3 is 1. The number of hydrogen-bond donors (Lipinski definition) is 2. The van der Waals surface area contributed by atoms with Crippen molar-refractivity contribution in [2.24, 2.45) is 5.92 Å². The van der Waals surface area contributed by atoms with E-state index in [0.29, 0.717) is 29.5 Å². The fourth-order valence-corrected chi connectivity index (χ4v) is 7.52. The van der Waals surface area contributed by atoms with Crippen molar-refractivity contribution in [1.29, 1.82) is 0 Å². The lowest BCUT2D eigenvalue weighted by molar-refractivity contribution is -0.148. The molecule has 0 bridgehead atoms. The number of ether oxygens (including phenoxy) is 2. The van der Waals surface area contributed by atoms with Crippen LogP contribution in [0.3, 0.4) is 0 Å². The molecule has 2 aliphatic heterocycles. The number of nitrogens with zero attached hydrogens (tertiary/aromatic N) is 2. The van der Waals surface area contributed by atoms with Gasteiger partial charge in [-0.2, -0.15) is 0 Å². The maximum atomic E-state index is 14.3. The van der Waals surface area contributed by atoms with E-state index in [4.69, 9.17) is 21.1 Å². The third-order valence-electron chi connectivity index (χ3n) is 8.92. The molecular formula is C32H37ClN4O5S. The molecule has 3 heterocycles. The minimum Gasteiger partial charge on any atom is -0.467 e. The van der Waals surface area contributed by atoms with E-state index in [1.165, 1.54) is 18.4 Å². The fraction of sp³-hybridized carbons (Fsp3) is 0.500. The smallest absolute Gasteiger partial charge is 0.331 e. The number of fused-ring (bicyclic) bond motifs is 3. The molecule has 0 unspecified atom stereocenters. The lowest BCUT2D eigenvalue weighted by Gasteiger charge is -2.30. The quantitative estimate of drug-likeness (QED) is 0.357. The maximum Gasteiger partial charge on any atom is 0.331 e. The predicted octanol–water partition coefficient (Wildman–Crippen LogP) is 5.57. The molecule has 5 atom stereocenters. The third kappa shape index (κ3) is 6.45. The normalized spacial score (nSPS) is 28.2. The van der Waals surface area contributed by atoms with E-state index in [-0.39, 0.29) is 24.3 Å². The molecule has 9 nitrogen and oxygen atoms in total. The number of halogens is 1. The molecule has 0 radical (unpaired) electrons. The van der Waals surface area contributed by atoms with Gasteiger partial charge in [-0.3, -0.25) is 9.59 Å². The lowest BCUT2D eigenvalue weighted by Crippen LogP contribution is -2.55. The Balaban J connectivity index is 1.28. The zero-order chi connectivity index (χ0) is 30.0. The van der Waals surface area contributed by atoms with Gasteiger partial charge in [0.2, 0.25) is 11.8 Å². The van der Waals surface area contributed by atoms with Gasteiger partial charge in [-0.05, 0) is 61.6 Å². The fourth-order valence-electron chi connectivity index (χ4n) is 6.51. The van der Waals surface area contributed by atoms with Crippen molar-refractivity contribution in [1.82, 2.24) is 15.2 Å². The molecule has 11 heteroatoms. The molecule has 0 spiro atoms. The van der Waals surface area contributed by atoms with Gasteiger partial charge in [-0.25, -0.2) is 9.78 Å². The summed E-state index contributed by atoms with van der Waals surface area (Å²) in [5.74, 6) is -0.902. The summed E-state index contributed by atoms with van der Waals surface area (Å²) in [5, 5.41) is 7.57. The summed E-state index contributed by atoms with van der Waals surface area (Å²) in [7, 11) is 1.36. The number of amides is 2. The number of aromatic nitrogens is 1. The first-order valence-corrected chi connectivity index (χ1v) is 16.3. The van der Waals surface area contributed by atoms with Crippen molar-refractivity contribution in [3.63, 3.8) is 0 Å². The molecule has 2 N–H and O–H groups in total. The van der Waals surface area contributed by atoms with Crippen LogP contribution < -0.4 is 15.4 Å². The maximum absolute atomic E-state index is 14.3. The molecule has 228 valence electrons. The monoisotopic (exact) mass is 624 g/mol. The molecular weight excluding hydrogens is 588 g/mol. The highest BCUT2D eigenvalue weighted by molar-refractivity contribution is 7.20. The van der Waals surface area contributed by atoms with Crippen molar-refractivity contribution in [2.45, 2.75) is 81.5 Å². The number of carbonyl (C=O) groups excluding carboxylic acids is 3. The van der Waals surface area contributed by atoms with Crippen LogP contribution in [-0.4, -0.2) is 65.0 Å². The second-order valence-corrected chi connectivity index (χ2v) is 13.3. The number of para-hydroxylation sites is 1. The summed E-state index contributed by atoms with van der Waals surface area (Å²) in [6, 6.07) is 13.7. The van der Waals surface area contributed by atoms with Gasteiger partial charge >= 0.3 is 5.97 Å². The Morgan fingerprint density at radius 1 is 1.07 bits per heavy atom. The van der Waals surface area contributed by atoms with Crippen molar-refractivity contribution < 1.29 is 23.9 Å². The zero-order valence-corrected chi connectivity index (χ0v) is 25.8. The summed E-state index contributed by atoms with van der Waals surface area (Å²) >= 11 is 7.55. The van der Waals surface area contributed by atoms with Crippen LogP contribution >= 0.6 is 22.9 Å². The molecule has 1 saturated carbocycles. The number of carbonyl (C=O) groups is 3. The van der Waals surface area contributed by atoms with Crippen LogP contribution in [-0.2, 0) is 19.1 Å². The van der Waals surface area contributed by atoms with Crippen LogP contribution in [0, 0.1) is 5.92 Å². The SMILES string of the molecule is COC(=O)[C@@]12C[C@H]1CCCCCCC[C@H](Nc1ccc(Cl)cc1)C(=O)N1C[C@H](Oc3nc4ccccc4s3)C[C@H]1C(=O)N2. The van der Waals surface area contributed by atoms with Gasteiger partial charge in [0, 0.05) is 17.1 Å².